The van der Waals surface area contributed by atoms with Crippen LogP contribution >= 0.6 is 0 Å². The van der Waals surface area contributed by atoms with Gasteiger partial charge in [0.05, 0.1) is 12.3 Å². The van der Waals surface area contributed by atoms with Gasteiger partial charge in [-0.05, 0) is 13.8 Å². The number of aromatic nitrogens is 1. The number of rotatable bonds is 2. The third-order valence-electron chi connectivity index (χ3n) is 0.982. The summed E-state index contributed by atoms with van der Waals surface area (Å²) in [7, 11) is 0. The van der Waals surface area contributed by atoms with Gasteiger partial charge in [-0.3, -0.25) is 0 Å². The van der Waals surface area contributed by atoms with Crippen LogP contribution in [0.3, 0.4) is 0 Å². The molecule has 11 heavy (non-hydrogen) atoms. The van der Waals surface area contributed by atoms with Crippen molar-refractivity contribution in [2.24, 2.45) is 0 Å². The summed E-state index contributed by atoms with van der Waals surface area (Å²) in [6.45, 7) is 3.54. The van der Waals surface area contributed by atoms with E-state index in [1.807, 2.05) is 0 Å². The van der Waals surface area contributed by atoms with Crippen molar-refractivity contribution in [3.05, 3.63) is 18.0 Å². The topological polar surface area (TPSA) is 52.3 Å². The predicted octanol–water partition coefficient (Wildman–Crippen LogP) is 1.24. The molecular weight excluding hydrogens is 146 g/mol. The molecule has 0 aromatic carbocycles. The summed E-state index contributed by atoms with van der Waals surface area (Å²) < 4.78 is 9.39. The zero-order valence-corrected chi connectivity index (χ0v) is 6.40. The smallest absolute Gasteiger partial charge is 0.377 e. The highest BCUT2D eigenvalue weighted by molar-refractivity contribution is 5.86. The molecule has 0 amide bonds. The third kappa shape index (κ3) is 2.07. The summed E-state index contributed by atoms with van der Waals surface area (Å²) in [6, 6.07) is 1.46. The van der Waals surface area contributed by atoms with Gasteiger partial charge in [-0.2, -0.15) is 0 Å². The molecule has 4 nitrogen and oxygen atoms in total. The second-order valence-corrected chi connectivity index (χ2v) is 2.33. The second-order valence-electron chi connectivity index (χ2n) is 2.33. The van der Waals surface area contributed by atoms with Crippen LogP contribution in [0.1, 0.15) is 24.4 Å². The van der Waals surface area contributed by atoms with E-state index >= 15 is 0 Å². The third-order valence-corrected chi connectivity index (χ3v) is 0.982. The molecule has 0 atom stereocenters. The highest BCUT2D eigenvalue weighted by atomic mass is 16.6. The normalized spacial score (nSPS) is 10.1. The first-order valence-corrected chi connectivity index (χ1v) is 3.32. The van der Waals surface area contributed by atoms with E-state index in [0.29, 0.717) is 0 Å². The highest BCUT2D eigenvalue weighted by Crippen LogP contribution is 2.01. The Morgan fingerprint density at radius 2 is 2.45 bits per heavy atom. The summed E-state index contributed by atoms with van der Waals surface area (Å²) in [6.07, 6.45) is 1.27. The Kier molecular flexibility index (Phi) is 2.25. The van der Waals surface area contributed by atoms with E-state index in [-0.39, 0.29) is 11.9 Å². The van der Waals surface area contributed by atoms with Crippen LogP contribution in [0.2, 0.25) is 0 Å². The summed E-state index contributed by atoms with van der Waals surface area (Å²) in [4.78, 5) is 11.0. The molecule has 0 saturated heterocycles. The average molecular weight is 155 g/mol. The molecule has 0 spiro atoms. The summed E-state index contributed by atoms with van der Waals surface area (Å²) >= 11 is 0. The number of nitrogens with zero attached hydrogens (tertiary/aromatic N) is 1. The van der Waals surface area contributed by atoms with Crippen molar-refractivity contribution in [2.45, 2.75) is 20.0 Å². The fourth-order valence-corrected chi connectivity index (χ4v) is 0.593. The van der Waals surface area contributed by atoms with Gasteiger partial charge < -0.3 is 9.26 Å². The monoisotopic (exact) mass is 155 g/mol. The first-order valence-electron chi connectivity index (χ1n) is 3.32. The number of hydrogen-bond donors (Lipinski definition) is 0. The van der Waals surface area contributed by atoms with E-state index in [1.165, 1.54) is 12.3 Å². The molecule has 0 fully saturated rings. The van der Waals surface area contributed by atoms with Crippen LogP contribution in [-0.4, -0.2) is 17.2 Å². The molecule has 1 rings (SSSR count). The van der Waals surface area contributed by atoms with Crippen LogP contribution in [0.5, 0.6) is 0 Å². The standard InChI is InChI=1S/C7H9NO3/c1-5(2)10-7(9)6-3-4-8-11-6/h3-5H,1-2H3. The quantitative estimate of drug-likeness (QED) is 0.603. The van der Waals surface area contributed by atoms with E-state index in [2.05, 4.69) is 9.68 Å². The van der Waals surface area contributed by atoms with Crippen LogP contribution < -0.4 is 0 Å². The Hall–Kier alpha value is -1.32. The van der Waals surface area contributed by atoms with Crippen molar-refractivity contribution in [3.8, 4) is 0 Å². The van der Waals surface area contributed by atoms with Gasteiger partial charge in [-0.25, -0.2) is 4.79 Å². The number of hydrogen-bond acceptors (Lipinski definition) is 4. The van der Waals surface area contributed by atoms with Gasteiger partial charge in [0.1, 0.15) is 0 Å². The molecular formula is C7H9NO3. The van der Waals surface area contributed by atoms with Crippen molar-refractivity contribution in [1.82, 2.24) is 5.16 Å². The van der Waals surface area contributed by atoms with Gasteiger partial charge in [-0.15, -0.1) is 0 Å². The van der Waals surface area contributed by atoms with Crippen LogP contribution in [0.25, 0.3) is 0 Å². The molecule has 0 aliphatic rings. The van der Waals surface area contributed by atoms with Gasteiger partial charge in [-0.1, -0.05) is 5.16 Å². The van der Waals surface area contributed by atoms with E-state index in [4.69, 9.17) is 4.74 Å². The Morgan fingerprint density at radius 1 is 1.73 bits per heavy atom. The van der Waals surface area contributed by atoms with E-state index in [9.17, 15) is 4.79 Å². The lowest BCUT2D eigenvalue weighted by Gasteiger charge is -2.03. The molecule has 0 N–H and O–H groups in total. The van der Waals surface area contributed by atoms with Crippen molar-refractivity contribution in [1.29, 1.82) is 0 Å². The van der Waals surface area contributed by atoms with Crippen molar-refractivity contribution >= 4 is 5.97 Å². The molecule has 0 aliphatic heterocycles. The predicted molar refractivity (Wildman–Crippen MR) is 37.1 cm³/mol. The minimum Gasteiger partial charge on any atom is -0.457 e. The van der Waals surface area contributed by atoms with Crippen molar-refractivity contribution in [3.63, 3.8) is 0 Å². The minimum absolute atomic E-state index is 0.132. The van der Waals surface area contributed by atoms with E-state index in [0.717, 1.165) is 0 Å². The van der Waals surface area contributed by atoms with Crippen LogP contribution in [0.15, 0.2) is 16.8 Å². The number of carbonyl (C=O) groups is 1. The Balaban J connectivity index is 2.57. The summed E-state index contributed by atoms with van der Waals surface area (Å²) in [5.74, 6) is -0.337. The molecule has 60 valence electrons. The second kappa shape index (κ2) is 3.18. The molecule has 1 aromatic heterocycles. The van der Waals surface area contributed by atoms with Gasteiger partial charge >= 0.3 is 5.97 Å². The molecule has 0 unspecified atom stereocenters. The zero-order chi connectivity index (χ0) is 8.27. The first-order chi connectivity index (χ1) is 5.20. The Morgan fingerprint density at radius 3 is 2.91 bits per heavy atom. The lowest BCUT2D eigenvalue weighted by atomic mass is 10.4. The SMILES string of the molecule is CC(C)OC(=O)c1ccno1. The van der Waals surface area contributed by atoms with E-state index in [1.54, 1.807) is 13.8 Å². The van der Waals surface area contributed by atoms with Crippen molar-refractivity contribution in [2.75, 3.05) is 0 Å². The van der Waals surface area contributed by atoms with Gasteiger partial charge in [0.2, 0.25) is 5.76 Å². The average Bonchev–Trinajstić information content (AvgIpc) is 2.35. The summed E-state index contributed by atoms with van der Waals surface area (Å²) in [5.41, 5.74) is 0. The van der Waals surface area contributed by atoms with Crippen molar-refractivity contribution < 1.29 is 14.1 Å². The number of ether oxygens (including phenoxy) is 1. The molecule has 0 bridgehead atoms. The highest BCUT2D eigenvalue weighted by Gasteiger charge is 2.11. The minimum atomic E-state index is -0.475. The zero-order valence-electron chi connectivity index (χ0n) is 6.40. The number of esters is 1. The molecule has 0 radical (unpaired) electrons. The first kappa shape index (κ1) is 7.78. The molecule has 0 aliphatic carbocycles. The van der Waals surface area contributed by atoms with Crippen LogP contribution in [0.4, 0.5) is 0 Å². The largest absolute Gasteiger partial charge is 0.457 e. The van der Waals surface area contributed by atoms with Crippen LogP contribution in [-0.2, 0) is 4.74 Å². The fraction of sp³-hybridized carbons (Fsp3) is 0.429. The van der Waals surface area contributed by atoms with Gasteiger partial charge in [0.15, 0.2) is 0 Å². The van der Waals surface area contributed by atoms with Crippen LogP contribution in [0, 0.1) is 0 Å². The maximum absolute atomic E-state index is 11.0. The molecule has 1 aromatic rings. The fourth-order valence-electron chi connectivity index (χ4n) is 0.593. The lowest BCUT2D eigenvalue weighted by molar-refractivity contribution is 0.0331. The molecule has 4 heteroatoms. The lowest BCUT2D eigenvalue weighted by Crippen LogP contribution is -2.10. The maximum Gasteiger partial charge on any atom is 0.377 e. The Labute approximate surface area is 64.1 Å². The maximum atomic E-state index is 11.0. The summed E-state index contributed by atoms with van der Waals surface area (Å²) in [5, 5.41) is 3.37. The van der Waals surface area contributed by atoms with E-state index < -0.39 is 5.97 Å². The number of carbonyl (C=O) groups excluding carboxylic acids is 1. The molecule has 0 saturated carbocycles. The van der Waals surface area contributed by atoms with Gasteiger partial charge in [0.25, 0.3) is 0 Å². The van der Waals surface area contributed by atoms with Gasteiger partial charge in [0, 0.05) is 6.07 Å². The Bertz CT molecular complexity index is 228. The molecule has 1 heterocycles.